The first-order chi connectivity index (χ1) is 3.41. The molecule has 2 radical (unpaired) electrons. The van der Waals surface area contributed by atoms with Gasteiger partial charge in [0.1, 0.15) is 6.61 Å². The lowest BCUT2D eigenvalue weighted by atomic mass is 10.8. The van der Waals surface area contributed by atoms with E-state index in [-0.39, 0.29) is 13.2 Å². The van der Waals surface area contributed by atoms with Gasteiger partial charge in [0.05, 0.1) is 6.61 Å². The second-order valence-corrected chi connectivity index (χ2v) is 0.848. The van der Waals surface area contributed by atoms with Crippen molar-refractivity contribution in [1.29, 1.82) is 0 Å². The van der Waals surface area contributed by atoms with Crippen LogP contribution in [0, 0.1) is 0 Å². The molecule has 4 nitrogen and oxygen atoms in total. The lowest BCUT2D eigenvalue weighted by Crippen LogP contribution is -2.00. The van der Waals surface area contributed by atoms with E-state index in [1.807, 2.05) is 0 Å². The fourth-order valence-electron chi connectivity index (χ4n) is 0.152. The summed E-state index contributed by atoms with van der Waals surface area (Å²) in [6, 6.07) is 0. The van der Waals surface area contributed by atoms with Crippen LogP contribution in [-0.4, -0.2) is 20.0 Å². The van der Waals surface area contributed by atoms with E-state index in [9.17, 15) is 5.11 Å². The number of hydrogen-bond acceptors (Lipinski definition) is 2. The Hall–Kier alpha value is -0.160. The fraction of sp³-hybridized carbons (Fsp3) is 1.00. The Kier molecular flexibility index (Phi) is 5.71. The maximum Gasteiger partial charge on any atom is 0.180 e. The average molecular weight is 106 g/mol. The molecule has 0 saturated heterocycles. The zero-order valence-corrected chi connectivity index (χ0v) is 3.75. The molecule has 0 fully saturated rings. The second kappa shape index (κ2) is 5.84. The van der Waals surface area contributed by atoms with Gasteiger partial charge in [0.2, 0.25) is 0 Å². The summed E-state index contributed by atoms with van der Waals surface area (Å²) < 4.78 is 4.19. The van der Waals surface area contributed by atoms with Crippen molar-refractivity contribution in [1.82, 2.24) is 0 Å². The summed E-state index contributed by atoms with van der Waals surface area (Å²) in [4.78, 5) is 3.33. The van der Waals surface area contributed by atoms with Gasteiger partial charge in [-0.1, -0.05) is 0 Å². The van der Waals surface area contributed by atoms with Gasteiger partial charge in [0.25, 0.3) is 0 Å². The molecular formula is C3H6O4. The summed E-state index contributed by atoms with van der Waals surface area (Å²) in [5.41, 5.74) is 0. The molecule has 0 saturated carbocycles. The molecule has 7 heavy (non-hydrogen) atoms. The highest BCUT2D eigenvalue weighted by Crippen LogP contribution is 1.70. The Labute approximate surface area is 41.2 Å². The Morgan fingerprint density at radius 3 is 2.43 bits per heavy atom. The summed E-state index contributed by atoms with van der Waals surface area (Å²) in [6.45, 7) is -0.571. The fourth-order valence-corrected chi connectivity index (χ4v) is 0.152. The topological polar surface area (TPSA) is 58.3 Å². The minimum Gasteiger partial charge on any atom is -0.350 e. The van der Waals surface area contributed by atoms with Crippen LogP contribution >= 0.6 is 0 Å². The van der Waals surface area contributed by atoms with Gasteiger partial charge in [0.15, 0.2) is 6.79 Å². The predicted molar refractivity (Wildman–Crippen MR) is 18.1 cm³/mol. The van der Waals surface area contributed by atoms with E-state index >= 15 is 0 Å². The van der Waals surface area contributed by atoms with Crippen LogP contribution < -0.4 is 0 Å². The maximum absolute atomic E-state index is 9.42. The van der Waals surface area contributed by atoms with Gasteiger partial charge in [0, 0.05) is 0 Å². The summed E-state index contributed by atoms with van der Waals surface area (Å²) >= 11 is 0. The van der Waals surface area contributed by atoms with Crippen molar-refractivity contribution >= 4 is 0 Å². The molecule has 0 aromatic heterocycles. The van der Waals surface area contributed by atoms with Gasteiger partial charge in [-0.2, -0.15) is 0 Å². The van der Waals surface area contributed by atoms with Gasteiger partial charge in [-0.25, -0.2) is 9.99 Å². The molecule has 0 aliphatic rings. The van der Waals surface area contributed by atoms with Crippen molar-refractivity contribution in [2.45, 2.75) is 0 Å². The molecule has 0 aliphatic carbocycles. The molecule has 0 aromatic carbocycles. The van der Waals surface area contributed by atoms with Crippen LogP contribution in [0.25, 0.3) is 0 Å². The van der Waals surface area contributed by atoms with E-state index in [1.54, 1.807) is 0 Å². The Morgan fingerprint density at radius 2 is 2.00 bits per heavy atom. The van der Waals surface area contributed by atoms with Gasteiger partial charge >= 0.3 is 0 Å². The van der Waals surface area contributed by atoms with Crippen LogP contribution in [0.2, 0.25) is 0 Å². The molecule has 0 bridgehead atoms. The number of rotatable bonds is 4. The zero-order valence-electron chi connectivity index (χ0n) is 3.75. The SMILES string of the molecule is [O]COCCO[O]. The van der Waals surface area contributed by atoms with Crippen LogP contribution in [0.15, 0.2) is 0 Å². The monoisotopic (exact) mass is 106 g/mol. The van der Waals surface area contributed by atoms with Gasteiger partial charge < -0.3 is 4.74 Å². The molecule has 0 spiro atoms. The highest BCUT2D eigenvalue weighted by molar-refractivity contribution is 4.16. The summed E-state index contributed by atoms with van der Waals surface area (Å²) in [6.07, 6.45) is 0. The molecule has 0 atom stereocenters. The van der Waals surface area contributed by atoms with E-state index < -0.39 is 6.79 Å². The molecular weight excluding hydrogens is 100 g/mol. The van der Waals surface area contributed by atoms with E-state index in [2.05, 4.69) is 9.62 Å². The minimum atomic E-state index is -0.608. The van der Waals surface area contributed by atoms with Crippen LogP contribution in [0.4, 0.5) is 0 Å². The Morgan fingerprint density at radius 1 is 1.29 bits per heavy atom. The van der Waals surface area contributed by atoms with Crippen molar-refractivity contribution in [3.8, 4) is 0 Å². The summed E-state index contributed by atoms with van der Waals surface area (Å²) in [7, 11) is 0. The smallest absolute Gasteiger partial charge is 0.180 e. The van der Waals surface area contributed by atoms with Gasteiger partial charge in [-0.3, -0.25) is 0 Å². The standard InChI is InChI=1S/C3H6O4/c4-3-6-1-2-7-5/h1-3H2. The number of hydrogen-bond donors (Lipinski definition) is 0. The second-order valence-electron chi connectivity index (χ2n) is 0.848. The normalized spacial score (nSPS) is 9.43. The molecule has 0 aliphatic heterocycles. The molecule has 0 rings (SSSR count). The molecule has 0 aromatic rings. The van der Waals surface area contributed by atoms with Gasteiger partial charge in [-0.15, -0.1) is 0 Å². The first-order valence-electron chi connectivity index (χ1n) is 1.82. The van der Waals surface area contributed by atoms with Crippen molar-refractivity contribution in [3.05, 3.63) is 0 Å². The largest absolute Gasteiger partial charge is 0.350 e. The third-order valence-corrected chi connectivity index (χ3v) is 0.394. The molecule has 0 N–H and O–H groups in total. The van der Waals surface area contributed by atoms with E-state index in [0.717, 1.165) is 0 Å². The highest BCUT2D eigenvalue weighted by Gasteiger charge is 1.82. The van der Waals surface area contributed by atoms with Crippen molar-refractivity contribution in [3.63, 3.8) is 0 Å². The van der Waals surface area contributed by atoms with E-state index in [0.29, 0.717) is 0 Å². The minimum absolute atomic E-state index is 0.0533. The summed E-state index contributed by atoms with van der Waals surface area (Å²) in [5.74, 6) is 0. The van der Waals surface area contributed by atoms with Crippen LogP contribution in [0.3, 0.4) is 0 Å². The van der Waals surface area contributed by atoms with Crippen molar-refractivity contribution < 1.29 is 20.0 Å². The lowest BCUT2D eigenvalue weighted by Gasteiger charge is -1.91. The zero-order chi connectivity index (χ0) is 5.54. The van der Waals surface area contributed by atoms with Crippen molar-refractivity contribution in [2.75, 3.05) is 20.0 Å². The first kappa shape index (κ1) is 6.84. The summed E-state index contributed by atoms with van der Waals surface area (Å²) in [5, 5.41) is 18.5. The predicted octanol–water partition coefficient (Wildman–Crippen LogP) is -0.247. The van der Waals surface area contributed by atoms with Crippen LogP contribution in [-0.2, 0) is 20.0 Å². The Bertz CT molecular complexity index is 26.1. The van der Waals surface area contributed by atoms with Crippen molar-refractivity contribution in [2.24, 2.45) is 0 Å². The van der Waals surface area contributed by atoms with Crippen LogP contribution in [0.5, 0.6) is 0 Å². The maximum atomic E-state index is 9.42. The Balaban J connectivity index is 2.45. The third kappa shape index (κ3) is 5.84. The van der Waals surface area contributed by atoms with E-state index in [4.69, 9.17) is 5.26 Å². The molecule has 0 amide bonds. The van der Waals surface area contributed by atoms with Crippen LogP contribution in [0.1, 0.15) is 0 Å². The molecule has 0 heterocycles. The average Bonchev–Trinajstić information content (AvgIpc) is 1.69. The molecule has 42 valence electrons. The third-order valence-electron chi connectivity index (χ3n) is 0.394. The highest BCUT2D eigenvalue weighted by atomic mass is 17.1. The first-order valence-corrected chi connectivity index (χ1v) is 1.82. The molecule has 0 unspecified atom stereocenters. The van der Waals surface area contributed by atoms with Gasteiger partial charge in [-0.05, 0) is 5.26 Å². The molecule has 4 heteroatoms. The lowest BCUT2D eigenvalue weighted by molar-refractivity contribution is -0.310. The quantitative estimate of drug-likeness (QED) is 0.215. The number of ether oxygens (including phenoxy) is 1. The van der Waals surface area contributed by atoms with E-state index in [1.165, 1.54) is 0 Å².